The number of hydrogen-bond acceptors (Lipinski definition) is 2. The third kappa shape index (κ3) is 5.15. The number of rotatable bonds is 6. The lowest BCUT2D eigenvalue weighted by Crippen LogP contribution is -2.24. The fourth-order valence-electron chi connectivity index (χ4n) is 7.98. The summed E-state index contributed by atoms with van der Waals surface area (Å²) in [5.74, 6) is 0. The van der Waals surface area contributed by atoms with Crippen LogP contribution in [0, 0.1) is 0 Å². The average molecular weight is 693 g/mol. The summed E-state index contributed by atoms with van der Waals surface area (Å²) in [4.78, 5) is 29.7. The Morgan fingerprint density at radius 2 is 0.593 bits per heavy atom. The van der Waals surface area contributed by atoms with Crippen molar-refractivity contribution in [2.24, 2.45) is 0 Å². The van der Waals surface area contributed by atoms with Gasteiger partial charge < -0.3 is 0 Å². The van der Waals surface area contributed by atoms with Crippen LogP contribution in [0.25, 0.3) is 88.5 Å². The Hall–Kier alpha value is -7.30. The Labute approximate surface area is 311 Å². The highest BCUT2D eigenvalue weighted by molar-refractivity contribution is 6.21. The first-order chi connectivity index (χ1) is 26.6. The van der Waals surface area contributed by atoms with Gasteiger partial charge >= 0.3 is 0 Å². The molecule has 0 radical (unpaired) electrons. The molecule has 0 bridgehead atoms. The first kappa shape index (κ1) is 31.4. The van der Waals surface area contributed by atoms with Crippen LogP contribution in [-0.4, -0.2) is 9.13 Å². The van der Waals surface area contributed by atoms with Crippen LogP contribution in [0.1, 0.15) is 0 Å². The van der Waals surface area contributed by atoms with Crippen molar-refractivity contribution in [2.45, 2.75) is 0 Å². The van der Waals surface area contributed by atoms with Gasteiger partial charge in [0.25, 0.3) is 11.1 Å². The highest BCUT2D eigenvalue weighted by Gasteiger charge is 2.22. The van der Waals surface area contributed by atoms with Gasteiger partial charge in [-0.3, -0.25) is 18.7 Å². The van der Waals surface area contributed by atoms with Crippen LogP contribution in [0.15, 0.2) is 204 Å². The molecule has 0 unspecified atom stereocenters. The van der Waals surface area contributed by atoms with E-state index in [0.29, 0.717) is 16.2 Å². The molecule has 2 aromatic heterocycles. The van der Waals surface area contributed by atoms with Gasteiger partial charge in [-0.2, -0.15) is 0 Å². The Balaban J connectivity index is 1.30. The quantitative estimate of drug-likeness (QED) is 0.163. The molecule has 0 N–H and O–H groups in total. The second-order valence-corrected chi connectivity index (χ2v) is 13.7. The van der Waals surface area contributed by atoms with Gasteiger partial charge in [-0.1, -0.05) is 133 Å². The smallest absolute Gasteiger partial charge is 0.263 e. The molecule has 0 aliphatic rings. The van der Waals surface area contributed by atoms with E-state index in [4.69, 9.17) is 0 Å². The molecule has 54 heavy (non-hydrogen) atoms. The molecule has 4 heteroatoms. The van der Waals surface area contributed by atoms with Gasteiger partial charge in [0.2, 0.25) is 0 Å². The number of hydrogen-bond donors (Lipinski definition) is 0. The molecule has 254 valence electrons. The summed E-state index contributed by atoms with van der Waals surface area (Å²) in [6.07, 6.45) is 0. The minimum Gasteiger partial charge on any atom is -0.276 e. The van der Waals surface area contributed by atoms with E-state index in [1.54, 1.807) is 0 Å². The Morgan fingerprint density at radius 1 is 0.278 bits per heavy atom. The topological polar surface area (TPSA) is 44.0 Å². The summed E-state index contributed by atoms with van der Waals surface area (Å²) in [5, 5.41) is 2.57. The molecule has 0 amide bonds. The third-order valence-electron chi connectivity index (χ3n) is 10.5. The molecule has 0 saturated heterocycles. The monoisotopic (exact) mass is 692 g/mol. The molecular formula is C50H32N2O2. The zero-order valence-corrected chi connectivity index (χ0v) is 29.2. The molecule has 0 fully saturated rings. The summed E-state index contributed by atoms with van der Waals surface area (Å²) in [6.45, 7) is 0. The van der Waals surface area contributed by atoms with Crippen LogP contribution in [0.5, 0.6) is 0 Å². The number of benzene rings is 8. The molecule has 0 spiro atoms. The fraction of sp³-hybridized carbons (Fsp3) is 0. The van der Waals surface area contributed by atoms with E-state index in [1.165, 1.54) is 0 Å². The molecule has 0 saturated carbocycles. The second kappa shape index (κ2) is 12.7. The van der Waals surface area contributed by atoms with Crippen LogP contribution in [-0.2, 0) is 0 Å². The van der Waals surface area contributed by atoms with Crippen LogP contribution in [0.3, 0.4) is 0 Å². The number of pyridine rings is 2. The van der Waals surface area contributed by atoms with Crippen molar-refractivity contribution in [3.8, 4) is 55.9 Å². The lowest BCUT2D eigenvalue weighted by Gasteiger charge is -2.21. The normalized spacial score (nSPS) is 11.5. The highest BCUT2D eigenvalue weighted by atomic mass is 16.1. The minimum atomic E-state index is -0.167. The van der Waals surface area contributed by atoms with Gasteiger partial charge in [0.1, 0.15) is 0 Å². The molecular weight excluding hydrogens is 661 g/mol. The summed E-state index contributed by atoms with van der Waals surface area (Å²) >= 11 is 0. The molecule has 2 heterocycles. The molecule has 0 atom stereocenters. The summed E-state index contributed by atoms with van der Waals surface area (Å²) in [6, 6.07) is 65.2. The van der Waals surface area contributed by atoms with Gasteiger partial charge in [0.15, 0.2) is 0 Å². The van der Waals surface area contributed by atoms with E-state index in [1.807, 2.05) is 118 Å². The van der Waals surface area contributed by atoms with E-state index in [9.17, 15) is 9.59 Å². The predicted octanol–water partition coefficient (Wildman–Crippen LogP) is 11.6. The molecule has 0 aliphatic carbocycles. The first-order valence-corrected chi connectivity index (χ1v) is 18.1. The van der Waals surface area contributed by atoms with Crippen LogP contribution < -0.4 is 11.1 Å². The van der Waals surface area contributed by atoms with Gasteiger partial charge in [-0.15, -0.1) is 0 Å². The molecule has 10 aromatic rings. The Bertz CT molecular complexity index is 2790. The predicted molar refractivity (Wildman–Crippen MR) is 223 cm³/mol. The van der Waals surface area contributed by atoms with Crippen molar-refractivity contribution in [3.63, 3.8) is 0 Å². The summed E-state index contributed by atoms with van der Waals surface area (Å²) < 4.78 is 3.65. The maximum atomic E-state index is 14.8. The zero-order chi connectivity index (χ0) is 36.2. The number of nitrogens with zero attached hydrogens (tertiary/aromatic N) is 2. The lowest BCUT2D eigenvalue weighted by molar-refractivity contribution is 1.04. The Morgan fingerprint density at radius 3 is 0.926 bits per heavy atom. The maximum Gasteiger partial charge on any atom is 0.263 e. The van der Waals surface area contributed by atoms with Crippen molar-refractivity contribution in [1.29, 1.82) is 0 Å². The van der Waals surface area contributed by atoms with E-state index in [2.05, 4.69) is 84.9 Å². The fourth-order valence-corrected chi connectivity index (χ4v) is 7.98. The second-order valence-electron chi connectivity index (χ2n) is 13.7. The zero-order valence-electron chi connectivity index (χ0n) is 29.2. The number of aromatic nitrogens is 2. The first-order valence-electron chi connectivity index (χ1n) is 18.1. The van der Waals surface area contributed by atoms with E-state index < -0.39 is 0 Å². The van der Waals surface area contributed by atoms with Gasteiger partial charge in [0.05, 0.1) is 22.4 Å². The third-order valence-corrected chi connectivity index (χ3v) is 10.5. The average Bonchev–Trinajstić information content (AvgIpc) is 3.24. The van der Waals surface area contributed by atoms with E-state index >= 15 is 0 Å². The van der Waals surface area contributed by atoms with Crippen molar-refractivity contribution in [2.75, 3.05) is 0 Å². The Kier molecular flexibility index (Phi) is 7.41. The summed E-state index contributed by atoms with van der Waals surface area (Å²) in [7, 11) is 0. The van der Waals surface area contributed by atoms with Gasteiger partial charge in [-0.25, -0.2) is 0 Å². The van der Waals surface area contributed by atoms with Crippen LogP contribution >= 0.6 is 0 Å². The van der Waals surface area contributed by atoms with Crippen molar-refractivity contribution < 1.29 is 0 Å². The lowest BCUT2D eigenvalue weighted by atomic mass is 9.96. The standard InChI is InChI=1S/C50H32N2O2/c53-49-43-23-13-24-44-47(43)48-45(51(49)41-29-37(33-15-5-1-6-16-33)27-38(30-41)34-17-7-2-8-18-34)25-14-26-46(48)52(50(44)54)42-31-39(35-19-9-3-10-20-35)28-40(32-42)36-21-11-4-12-22-36/h1-32H. The molecule has 4 nitrogen and oxygen atoms in total. The summed E-state index contributed by atoms with van der Waals surface area (Å²) in [5.41, 5.74) is 10.9. The van der Waals surface area contributed by atoms with Crippen molar-refractivity contribution >= 4 is 32.6 Å². The van der Waals surface area contributed by atoms with Crippen molar-refractivity contribution in [3.05, 3.63) is 215 Å². The molecule has 0 aliphatic heterocycles. The highest BCUT2D eigenvalue weighted by Crippen LogP contribution is 2.37. The minimum absolute atomic E-state index is 0.167. The van der Waals surface area contributed by atoms with Crippen LogP contribution in [0.2, 0.25) is 0 Å². The molecule has 8 aromatic carbocycles. The SMILES string of the molecule is O=c1c2cccc3c(=O)n(-c4cc(-c5ccccc5)cc(-c5ccccc5)c4)c4cccc(c4c23)n1-c1cc(-c2ccccc2)cc(-c2ccccc2)c1. The van der Waals surface area contributed by atoms with Crippen molar-refractivity contribution in [1.82, 2.24) is 9.13 Å². The largest absolute Gasteiger partial charge is 0.276 e. The van der Waals surface area contributed by atoms with E-state index in [-0.39, 0.29) is 11.1 Å². The van der Waals surface area contributed by atoms with Crippen LogP contribution in [0.4, 0.5) is 0 Å². The molecule has 10 rings (SSSR count). The van der Waals surface area contributed by atoms with E-state index in [0.717, 1.165) is 72.3 Å². The van der Waals surface area contributed by atoms with Gasteiger partial charge in [-0.05, 0) is 105 Å². The van der Waals surface area contributed by atoms with Gasteiger partial charge in [0, 0.05) is 21.5 Å². The maximum absolute atomic E-state index is 14.8.